The third-order valence-corrected chi connectivity index (χ3v) is 6.51. The summed E-state index contributed by atoms with van der Waals surface area (Å²) in [5.41, 5.74) is 7.03. The number of aromatic nitrogens is 3. The first-order valence-corrected chi connectivity index (χ1v) is 12.1. The molecule has 1 aliphatic rings. The molecule has 1 amide bonds. The molecule has 5 rings (SSSR count). The maximum Gasteiger partial charge on any atom is 0.340 e. The van der Waals surface area contributed by atoms with Crippen LogP contribution in [0, 0.1) is 26.2 Å². The van der Waals surface area contributed by atoms with Gasteiger partial charge in [-0.15, -0.1) is 0 Å². The van der Waals surface area contributed by atoms with Crippen LogP contribution < -0.4 is 14.6 Å². The van der Waals surface area contributed by atoms with E-state index in [0.29, 0.717) is 28.8 Å². The molecule has 0 spiro atoms. The summed E-state index contributed by atoms with van der Waals surface area (Å²) >= 11 is 0. The molecule has 37 heavy (non-hydrogen) atoms. The Labute approximate surface area is 216 Å². The Balaban J connectivity index is 1.69. The van der Waals surface area contributed by atoms with E-state index in [0.717, 1.165) is 44.9 Å². The van der Waals surface area contributed by atoms with Crippen molar-refractivity contribution in [2.45, 2.75) is 41.5 Å². The summed E-state index contributed by atoms with van der Waals surface area (Å²) in [6.07, 6.45) is 0. The molecule has 188 valence electrons. The highest BCUT2D eigenvalue weighted by Gasteiger charge is 2.37. The van der Waals surface area contributed by atoms with Crippen LogP contribution in [0.3, 0.4) is 0 Å². The van der Waals surface area contributed by atoms with E-state index in [1.807, 2.05) is 82.5 Å². The fourth-order valence-electron chi connectivity index (χ4n) is 4.61. The van der Waals surface area contributed by atoms with E-state index in [9.17, 15) is 4.79 Å². The molecule has 0 atom stereocenters. The van der Waals surface area contributed by atoms with Crippen molar-refractivity contribution >= 4 is 29.8 Å². The minimum absolute atomic E-state index is 0.0559. The Morgan fingerprint density at radius 2 is 1.81 bits per heavy atom. The van der Waals surface area contributed by atoms with Crippen molar-refractivity contribution in [1.82, 2.24) is 19.7 Å². The van der Waals surface area contributed by atoms with Gasteiger partial charge in [0.25, 0.3) is 0 Å². The summed E-state index contributed by atoms with van der Waals surface area (Å²) in [5.74, 6) is 2.68. The third-order valence-electron chi connectivity index (χ3n) is 6.51. The average molecular weight is 497 g/mol. The molecule has 4 aromatic rings. The minimum Gasteiger partial charge on any atom is -0.496 e. The number of benzene rings is 2. The van der Waals surface area contributed by atoms with Crippen molar-refractivity contribution in [3.05, 3.63) is 53.7 Å². The molecule has 2 aromatic carbocycles. The Kier molecular flexibility index (Phi) is 5.70. The molecule has 0 saturated carbocycles. The van der Waals surface area contributed by atoms with Crippen LogP contribution in [0.2, 0.25) is 0 Å². The van der Waals surface area contributed by atoms with Crippen molar-refractivity contribution in [1.29, 1.82) is 0 Å². The van der Waals surface area contributed by atoms with Crippen LogP contribution in [0.4, 0.5) is 17.2 Å². The van der Waals surface area contributed by atoms with E-state index in [-0.39, 0.29) is 5.91 Å². The lowest BCUT2D eigenvalue weighted by atomic mass is 9.95. The maximum atomic E-state index is 12.6. The number of aryl methyl sites for hydroxylation is 3. The highest BCUT2D eigenvalue weighted by molar-refractivity contribution is 6.02. The molecule has 0 bridgehead atoms. The lowest BCUT2D eigenvalue weighted by Gasteiger charge is -2.18. The van der Waals surface area contributed by atoms with Crippen molar-refractivity contribution in [2.75, 3.05) is 12.4 Å². The molecule has 8 nitrogen and oxygen atoms in total. The molecule has 2 aromatic heterocycles. The first-order chi connectivity index (χ1) is 17.5. The molecular formula is C29H30N5O3+. The number of nitrogens with zero attached hydrogens (tertiary/aromatic N) is 4. The predicted molar refractivity (Wildman–Crippen MR) is 146 cm³/mol. The molecule has 0 unspecified atom stereocenters. The normalized spacial score (nSPS) is 12.4. The Hall–Kier alpha value is -4.33. The average Bonchev–Trinajstić information content (AvgIpc) is 3.32. The van der Waals surface area contributed by atoms with Gasteiger partial charge in [0.2, 0.25) is 11.7 Å². The molecule has 3 heterocycles. The van der Waals surface area contributed by atoms with Gasteiger partial charge in [-0.1, -0.05) is 38.1 Å². The number of carbonyl (C=O) groups is 1. The van der Waals surface area contributed by atoms with E-state index < -0.39 is 5.41 Å². The molecule has 0 saturated heterocycles. The smallest absolute Gasteiger partial charge is 0.340 e. The number of fused-ring (bicyclic) bond motifs is 3. The number of amides is 1. The van der Waals surface area contributed by atoms with Gasteiger partial charge in [0, 0.05) is 34.7 Å². The van der Waals surface area contributed by atoms with E-state index in [4.69, 9.17) is 19.2 Å². The van der Waals surface area contributed by atoms with E-state index in [2.05, 4.69) is 17.2 Å². The van der Waals surface area contributed by atoms with Gasteiger partial charge >= 0.3 is 5.82 Å². The van der Waals surface area contributed by atoms with Gasteiger partial charge in [0.15, 0.2) is 0 Å². The van der Waals surface area contributed by atoms with Crippen molar-refractivity contribution in [3.63, 3.8) is 0 Å². The topological polar surface area (TPSA) is 93.2 Å². The highest BCUT2D eigenvalue weighted by atomic mass is 16.5. The van der Waals surface area contributed by atoms with Gasteiger partial charge in [0.1, 0.15) is 22.8 Å². The van der Waals surface area contributed by atoms with Gasteiger partial charge < -0.3 is 14.6 Å². The molecule has 1 aliphatic heterocycles. The first-order valence-electron chi connectivity index (χ1n) is 12.1. The Morgan fingerprint density at radius 3 is 2.46 bits per heavy atom. The highest BCUT2D eigenvalue weighted by Crippen LogP contribution is 2.51. The number of hydrogen-bond donors (Lipinski definition) is 1. The van der Waals surface area contributed by atoms with Crippen LogP contribution in [-0.4, -0.2) is 34.9 Å². The number of carbonyl (C=O) groups excluding carboxylic acids is 1. The fourth-order valence-corrected chi connectivity index (χ4v) is 4.61. The maximum absolute atomic E-state index is 12.6. The van der Waals surface area contributed by atoms with Gasteiger partial charge in [0.05, 0.1) is 30.8 Å². The summed E-state index contributed by atoms with van der Waals surface area (Å²) in [7, 11) is 1.65. The van der Waals surface area contributed by atoms with Crippen LogP contribution in [0.25, 0.3) is 33.5 Å². The van der Waals surface area contributed by atoms with Gasteiger partial charge in [-0.05, 0) is 43.1 Å². The van der Waals surface area contributed by atoms with Crippen molar-refractivity contribution < 1.29 is 14.1 Å². The largest absolute Gasteiger partial charge is 0.496 e. The van der Waals surface area contributed by atoms with Crippen LogP contribution in [0.5, 0.6) is 5.75 Å². The summed E-state index contributed by atoms with van der Waals surface area (Å²) < 4.78 is 13.1. The SMILES string of the molecule is C=[N+]1c2cc(-c3c(C)noc3C)c(OC)cc2-c2c(-c3cccc(NC(=O)C(C)(C)C)c3)nc(C)nc21. The molecular weight excluding hydrogens is 466 g/mol. The lowest BCUT2D eigenvalue weighted by Crippen LogP contribution is -2.27. The molecule has 0 radical (unpaired) electrons. The lowest BCUT2D eigenvalue weighted by molar-refractivity contribution is -0.123. The predicted octanol–water partition coefficient (Wildman–Crippen LogP) is 6.23. The standard InChI is InChI=1S/C29H29N5O3/c1-15-24(16(2)37-33-15)21-13-22-20(14-23(21)36-8)25-26(30-17(3)31-27(25)34(22)7)18-10-9-11-19(12-18)32-28(35)29(4,5)6/h9-14H,7H2,1-6,8H3/p+1. The van der Waals surface area contributed by atoms with Crippen LogP contribution >= 0.6 is 0 Å². The molecule has 1 N–H and O–H groups in total. The Bertz CT molecular complexity index is 1570. The number of methoxy groups -OCH3 is 1. The summed E-state index contributed by atoms with van der Waals surface area (Å²) in [6, 6.07) is 11.7. The van der Waals surface area contributed by atoms with Crippen LogP contribution in [0.15, 0.2) is 40.9 Å². The van der Waals surface area contributed by atoms with E-state index in [1.54, 1.807) is 7.11 Å². The number of ether oxygens (including phenoxy) is 1. The second-order valence-electron chi connectivity index (χ2n) is 10.3. The van der Waals surface area contributed by atoms with Crippen molar-refractivity contribution in [3.8, 4) is 39.3 Å². The molecule has 8 heteroatoms. The third kappa shape index (κ3) is 4.08. The molecule has 0 aliphatic carbocycles. The summed E-state index contributed by atoms with van der Waals surface area (Å²) in [6.45, 7) is 15.6. The minimum atomic E-state index is -0.508. The Morgan fingerprint density at radius 1 is 1.05 bits per heavy atom. The second-order valence-corrected chi connectivity index (χ2v) is 10.3. The monoisotopic (exact) mass is 496 g/mol. The van der Waals surface area contributed by atoms with Crippen molar-refractivity contribution in [2.24, 2.45) is 5.41 Å². The summed E-state index contributed by atoms with van der Waals surface area (Å²) in [5, 5.41) is 7.13. The second kappa shape index (κ2) is 8.65. The number of rotatable bonds is 4. The zero-order valence-electron chi connectivity index (χ0n) is 22.2. The van der Waals surface area contributed by atoms with Gasteiger partial charge in [-0.2, -0.15) is 0 Å². The quantitative estimate of drug-likeness (QED) is 0.296. The van der Waals surface area contributed by atoms with E-state index in [1.165, 1.54) is 0 Å². The van der Waals surface area contributed by atoms with Crippen LogP contribution in [0.1, 0.15) is 38.0 Å². The van der Waals surface area contributed by atoms with Gasteiger partial charge in [-0.3, -0.25) is 4.79 Å². The van der Waals surface area contributed by atoms with Crippen LogP contribution in [-0.2, 0) is 4.79 Å². The fraction of sp³-hybridized carbons (Fsp3) is 0.276. The van der Waals surface area contributed by atoms with E-state index >= 15 is 0 Å². The number of anilines is 1. The zero-order chi connectivity index (χ0) is 26.6. The summed E-state index contributed by atoms with van der Waals surface area (Å²) in [4.78, 5) is 22.2. The number of hydrogen-bond acceptors (Lipinski definition) is 6. The first kappa shape index (κ1) is 24.4. The van der Waals surface area contributed by atoms with Gasteiger partial charge in [-0.25, -0.2) is 9.56 Å². The molecule has 0 fully saturated rings. The number of nitrogens with one attached hydrogen (secondary N) is 1. The zero-order valence-corrected chi connectivity index (χ0v) is 22.2.